The average Bonchev–Trinajstić information content (AvgIpc) is 3.43. The maximum atomic E-state index is 13.4. The van der Waals surface area contributed by atoms with E-state index in [0.717, 1.165) is 70.6 Å². The van der Waals surface area contributed by atoms with E-state index in [0.29, 0.717) is 12.8 Å². The number of hydrogen-bond acceptors (Lipinski definition) is 10. The van der Waals surface area contributed by atoms with E-state index in [1.54, 1.807) is 6.08 Å². The van der Waals surface area contributed by atoms with E-state index in [1.165, 1.54) is 205 Å². The Morgan fingerprint density at radius 3 is 1.26 bits per heavy atom. The highest BCUT2D eigenvalue weighted by atomic mass is 16.7. The Kier molecular flexibility index (Phi) is 52.0. The molecule has 1 fully saturated rings. The fourth-order valence-corrected chi connectivity index (χ4v) is 10.6. The van der Waals surface area contributed by atoms with Crippen molar-refractivity contribution in [3.63, 3.8) is 0 Å². The molecule has 0 saturated carbocycles. The molecule has 11 nitrogen and oxygen atoms in total. The van der Waals surface area contributed by atoms with Gasteiger partial charge in [-0.05, 0) is 51.4 Å². The standard InChI is InChI=1S/C66H125NO10/c1-4-7-10-13-16-19-22-25-27-29-30-31-33-36-39-42-45-48-51-54-61(71)77-64-63(73)62(72)60(55-68)76-66(64)75-56-57(58(69)52-49-46-43-40-37-34-24-21-18-15-12-9-6-3)67-65(74)59(70)53-50-47-44-41-38-35-32-28-26-23-20-17-14-11-8-5-2/h26,28,49,52,57-60,62-64,66,68-70,72-73H,4-25,27,29-48,50-51,53-56H2,1-3H3,(H,67,74)/b28-26+,52-49+. The van der Waals surface area contributed by atoms with E-state index in [9.17, 15) is 35.1 Å². The van der Waals surface area contributed by atoms with E-state index in [4.69, 9.17) is 14.2 Å². The van der Waals surface area contributed by atoms with Crippen molar-refractivity contribution in [2.45, 2.75) is 372 Å². The van der Waals surface area contributed by atoms with Crippen LogP contribution in [0.2, 0.25) is 0 Å². The summed E-state index contributed by atoms with van der Waals surface area (Å²) in [5.74, 6) is -1.18. The molecule has 0 aromatic carbocycles. The number of aliphatic hydroxyl groups is 5. The molecule has 77 heavy (non-hydrogen) atoms. The predicted octanol–water partition coefficient (Wildman–Crippen LogP) is 16.1. The van der Waals surface area contributed by atoms with Gasteiger partial charge in [0.25, 0.3) is 0 Å². The van der Waals surface area contributed by atoms with E-state index >= 15 is 0 Å². The number of rotatable bonds is 57. The Balaban J connectivity index is 2.64. The predicted molar refractivity (Wildman–Crippen MR) is 320 cm³/mol. The lowest BCUT2D eigenvalue weighted by atomic mass is 9.99. The summed E-state index contributed by atoms with van der Waals surface area (Å²) in [4.78, 5) is 26.6. The van der Waals surface area contributed by atoms with Gasteiger partial charge in [0, 0.05) is 6.42 Å². The van der Waals surface area contributed by atoms with E-state index in [2.05, 4.69) is 38.2 Å². The average molecular weight is 1090 g/mol. The Labute approximate surface area is 473 Å². The zero-order valence-corrected chi connectivity index (χ0v) is 50.4. The van der Waals surface area contributed by atoms with Gasteiger partial charge in [0.15, 0.2) is 12.4 Å². The summed E-state index contributed by atoms with van der Waals surface area (Å²) in [6, 6.07) is -1.02. The molecule has 11 heteroatoms. The van der Waals surface area contributed by atoms with Gasteiger partial charge in [-0.3, -0.25) is 9.59 Å². The molecule has 0 spiro atoms. The van der Waals surface area contributed by atoms with Crippen molar-refractivity contribution in [2.24, 2.45) is 0 Å². The zero-order chi connectivity index (χ0) is 56.1. The van der Waals surface area contributed by atoms with Crippen LogP contribution in [0.1, 0.15) is 323 Å². The van der Waals surface area contributed by atoms with Crippen LogP contribution >= 0.6 is 0 Å². The van der Waals surface area contributed by atoms with Crippen molar-refractivity contribution in [3.8, 4) is 0 Å². The summed E-state index contributed by atoms with van der Waals surface area (Å²) in [5.41, 5.74) is 0. The van der Waals surface area contributed by atoms with Crippen LogP contribution in [0.25, 0.3) is 0 Å². The van der Waals surface area contributed by atoms with Crippen LogP contribution < -0.4 is 5.32 Å². The molecule has 1 rings (SSSR count). The van der Waals surface area contributed by atoms with Crippen LogP contribution in [0.3, 0.4) is 0 Å². The minimum Gasteiger partial charge on any atom is -0.454 e. The molecule has 6 N–H and O–H groups in total. The molecule has 0 aromatic rings. The number of ether oxygens (including phenoxy) is 3. The van der Waals surface area contributed by atoms with Gasteiger partial charge < -0.3 is 45.1 Å². The number of hydrogen-bond donors (Lipinski definition) is 6. The summed E-state index contributed by atoms with van der Waals surface area (Å²) < 4.78 is 17.7. The van der Waals surface area contributed by atoms with Crippen LogP contribution in [-0.4, -0.2) is 99.6 Å². The summed E-state index contributed by atoms with van der Waals surface area (Å²) in [5, 5.41) is 57.1. The lowest BCUT2D eigenvalue weighted by Gasteiger charge is -2.41. The van der Waals surface area contributed by atoms with Crippen LogP contribution in [0, 0.1) is 0 Å². The SMILES string of the molecule is CCCCCCCC/C=C/CCCCCCCCC(O)C(=O)NC(COC1OC(CO)C(O)C(O)C1OC(=O)CCCCCCCCCCCCCCCCCCCCC)C(O)/C=C/CCCCCCCCCCCCC. The molecule has 8 atom stereocenters. The lowest BCUT2D eigenvalue weighted by molar-refractivity contribution is -0.305. The third-order valence-corrected chi connectivity index (χ3v) is 15.9. The number of carbonyl (C=O) groups is 2. The van der Waals surface area contributed by atoms with Crippen molar-refractivity contribution >= 4 is 11.9 Å². The second kappa shape index (κ2) is 54.7. The Morgan fingerprint density at radius 2 is 0.857 bits per heavy atom. The van der Waals surface area contributed by atoms with Crippen LogP contribution in [0.5, 0.6) is 0 Å². The van der Waals surface area contributed by atoms with Gasteiger partial charge in [-0.15, -0.1) is 0 Å². The first-order valence-electron chi connectivity index (χ1n) is 33.1. The van der Waals surface area contributed by atoms with E-state index < -0.39 is 67.4 Å². The van der Waals surface area contributed by atoms with Crippen molar-refractivity contribution < 1.29 is 49.3 Å². The number of unbranched alkanes of at least 4 members (excludes halogenated alkanes) is 41. The van der Waals surface area contributed by atoms with E-state index in [-0.39, 0.29) is 19.4 Å². The molecule has 0 bridgehead atoms. The number of amides is 1. The minimum absolute atomic E-state index is 0.129. The monoisotopic (exact) mass is 1090 g/mol. The lowest BCUT2D eigenvalue weighted by Crippen LogP contribution is -2.61. The minimum atomic E-state index is -1.61. The molecule has 1 saturated heterocycles. The maximum Gasteiger partial charge on any atom is 0.306 e. The van der Waals surface area contributed by atoms with Crippen LogP contribution in [-0.2, 0) is 23.8 Å². The molecule has 8 unspecified atom stereocenters. The molecule has 0 radical (unpaired) electrons. The van der Waals surface area contributed by atoms with Gasteiger partial charge in [0.05, 0.1) is 25.4 Å². The topological polar surface area (TPSA) is 175 Å². The van der Waals surface area contributed by atoms with Crippen LogP contribution in [0.4, 0.5) is 0 Å². The number of allylic oxidation sites excluding steroid dienone is 3. The van der Waals surface area contributed by atoms with Crippen molar-refractivity contribution in [1.82, 2.24) is 5.32 Å². The molecular formula is C66H125NO10. The number of carbonyl (C=O) groups excluding carboxylic acids is 2. The fourth-order valence-electron chi connectivity index (χ4n) is 10.6. The Morgan fingerprint density at radius 1 is 0.494 bits per heavy atom. The maximum absolute atomic E-state index is 13.4. The number of esters is 1. The highest BCUT2D eigenvalue weighted by molar-refractivity contribution is 5.80. The van der Waals surface area contributed by atoms with Gasteiger partial charge >= 0.3 is 5.97 Å². The first-order chi connectivity index (χ1) is 37.7. The highest BCUT2D eigenvalue weighted by Crippen LogP contribution is 2.26. The van der Waals surface area contributed by atoms with E-state index in [1.807, 2.05) is 6.08 Å². The van der Waals surface area contributed by atoms with Gasteiger partial charge in [0.2, 0.25) is 5.91 Å². The first-order valence-corrected chi connectivity index (χ1v) is 33.1. The van der Waals surface area contributed by atoms with Gasteiger partial charge in [-0.2, -0.15) is 0 Å². The van der Waals surface area contributed by atoms with Gasteiger partial charge in [0.1, 0.15) is 24.4 Å². The molecule has 454 valence electrons. The van der Waals surface area contributed by atoms with Gasteiger partial charge in [-0.25, -0.2) is 0 Å². The third kappa shape index (κ3) is 42.6. The van der Waals surface area contributed by atoms with Crippen molar-refractivity contribution in [1.29, 1.82) is 0 Å². The van der Waals surface area contributed by atoms with Crippen LogP contribution in [0.15, 0.2) is 24.3 Å². The largest absolute Gasteiger partial charge is 0.454 e. The zero-order valence-electron chi connectivity index (χ0n) is 50.4. The van der Waals surface area contributed by atoms with Crippen molar-refractivity contribution in [2.75, 3.05) is 13.2 Å². The molecule has 1 amide bonds. The van der Waals surface area contributed by atoms with Crippen molar-refractivity contribution in [3.05, 3.63) is 24.3 Å². The smallest absolute Gasteiger partial charge is 0.306 e. The summed E-state index contributed by atoms with van der Waals surface area (Å²) in [7, 11) is 0. The third-order valence-electron chi connectivity index (χ3n) is 15.9. The molecule has 1 aliphatic rings. The summed E-state index contributed by atoms with van der Waals surface area (Å²) in [6.07, 6.45) is 53.5. The first kappa shape index (κ1) is 73.2. The molecule has 0 aromatic heterocycles. The second-order valence-corrected chi connectivity index (χ2v) is 23.2. The van der Waals surface area contributed by atoms with Gasteiger partial charge in [-0.1, -0.05) is 289 Å². The molecule has 0 aliphatic carbocycles. The Bertz CT molecular complexity index is 1350. The summed E-state index contributed by atoms with van der Waals surface area (Å²) >= 11 is 0. The fraction of sp³-hybridized carbons (Fsp3) is 0.909. The summed E-state index contributed by atoms with van der Waals surface area (Å²) in [6.45, 7) is 5.83. The second-order valence-electron chi connectivity index (χ2n) is 23.2. The number of aliphatic hydroxyl groups excluding tert-OH is 5. The highest BCUT2D eigenvalue weighted by Gasteiger charge is 2.47. The quantitative estimate of drug-likeness (QED) is 0.0195. The number of nitrogens with one attached hydrogen (secondary N) is 1. The molecular weight excluding hydrogens is 967 g/mol. The Hall–Kier alpha value is -1.86. The molecule has 1 heterocycles. The normalized spacial score (nSPS) is 19.1. The molecule has 1 aliphatic heterocycles.